The smallest absolute Gasteiger partial charge is 0.374 e. The molecule has 5 heteroatoms. The van der Waals surface area contributed by atoms with Crippen LogP contribution in [-0.4, -0.2) is 41.7 Å². The molecule has 1 N–H and O–H groups in total. The van der Waals surface area contributed by atoms with Gasteiger partial charge in [-0.25, -0.2) is 0 Å². The molecule has 0 aliphatic carbocycles. The number of rotatable bonds is 9. The Morgan fingerprint density at radius 3 is 1.72 bits per heavy atom. The molecule has 0 saturated carbocycles. The molecule has 1 aliphatic rings. The first-order valence-electron chi connectivity index (χ1n) is 7.37. The van der Waals surface area contributed by atoms with E-state index in [0.717, 1.165) is 25.5 Å². The fourth-order valence-electron chi connectivity index (χ4n) is 1.42. The van der Waals surface area contributed by atoms with Gasteiger partial charge in [0.2, 0.25) is 0 Å². The third-order valence-corrected chi connectivity index (χ3v) is 5.66. The maximum Gasteiger partial charge on any atom is 0.500 e. The second kappa shape index (κ2) is 12.1. The van der Waals surface area contributed by atoms with Crippen molar-refractivity contribution in [2.75, 3.05) is 32.9 Å². The van der Waals surface area contributed by atoms with E-state index in [9.17, 15) is 0 Å². The van der Waals surface area contributed by atoms with Gasteiger partial charge < -0.3 is 18.6 Å². The fourth-order valence-corrected chi connectivity index (χ4v) is 3.62. The molecular formula is C13H31NO3Si. The van der Waals surface area contributed by atoms with Crippen LogP contribution in [0, 0.1) is 0 Å². The Hall–Kier alpha value is 0.0569. The van der Waals surface area contributed by atoms with Gasteiger partial charge in [-0.15, -0.1) is 0 Å². The molecule has 0 amide bonds. The lowest BCUT2D eigenvalue weighted by atomic mass is 10.3. The molecule has 0 spiro atoms. The molecule has 1 heterocycles. The number of hydrogen-bond donors (Lipinski definition) is 1. The lowest BCUT2D eigenvalue weighted by Gasteiger charge is -2.27. The highest BCUT2D eigenvalue weighted by Gasteiger charge is 2.38. The standard InChI is InChI=1S/C10H24O3Si.C3H7N/c1-5-9-10-13-14(8-4,11-6-2)12-7-3;1-2-4-3-1/h5-10H2,1-4H3;4H,1-3H2. The van der Waals surface area contributed by atoms with Crippen LogP contribution >= 0.6 is 0 Å². The number of nitrogens with one attached hydrogen (secondary N) is 1. The molecule has 1 rings (SSSR count). The van der Waals surface area contributed by atoms with Crippen LogP contribution in [0.1, 0.15) is 47.0 Å². The van der Waals surface area contributed by atoms with E-state index in [1.54, 1.807) is 0 Å². The SMILES string of the molecule is C1CNC1.CCCCO[Si](CC)(OCC)OCC. The Bertz CT molecular complexity index is 168. The molecule has 1 fully saturated rings. The van der Waals surface area contributed by atoms with E-state index >= 15 is 0 Å². The molecule has 0 aromatic carbocycles. The summed E-state index contributed by atoms with van der Waals surface area (Å²) in [4.78, 5) is 0. The molecule has 0 unspecified atom stereocenters. The normalized spacial score (nSPS) is 14.7. The summed E-state index contributed by atoms with van der Waals surface area (Å²) in [6, 6.07) is 0.860. The molecule has 0 bridgehead atoms. The second-order valence-corrected chi connectivity index (χ2v) is 7.15. The Balaban J connectivity index is 0.000000601. The van der Waals surface area contributed by atoms with Crippen LogP contribution in [0.5, 0.6) is 0 Å². The van der Waals surface area contributed by atoms with E-state index in [0.29, 0.717) is 13.2 Å². The van der Waals surface area contributed by atoms with Crippen molar-refractivity contribution in [2.24, 2.45) is 0 Å². The predicted octanol–water partition coefficient (Wildman–Crippen LogP) is 2.81. The van der Waals surface area contributed by atoms with Crippen LogP contribution in [-0.2, 0) is 13.3 Å². The van der Waals surface area contributed by atoms with Crippen LogP contribution in [0.3, 0.4) is 0 Å². The van der Waals surface area contributed by atoms with Gasteiger partial charge in [-0.05, 0) is 39.8 Å². The van der Waals surface area contributed by atoms with E-state index in [4.69, 9.17) is 13.3 Å². The second-order valence-electron chi connectivity index (χ2n) is 4.21. The van der Waals surface area contributed by atoms with Crippen molar-refractivity contribution in [1.29, 1.82) is 0 Å². The third kappa shape index (κ3) is 8.21. The first-order valence-corrected chi connectivity index (χ1v) is 9.30. The Morgan fingerprint density at radius 1 is 0.944 bits per heavy atom. The van der Waals surface area contributed by atoms with Gasteiger partial charge in [-0.2, -0.15) is 0 Å². The molecule has 4 nitrogen and oxygen atoms in total. The quantitative estimate of drug-likeness (QED) is 0.520. The summed E-state index contributed by atoms with van der Waals surface area (Å²) in [6.45, 7) is 12.8. The van der Waals surface area contributed by atoms with Crippen molar-refractivity contribution >= 4 is 8.80 Å². The van der Waals surface area contributed by atoms with Gasteiger partial charge in [0.25, 0.3) is 0 Å². The van der Waals surface area contributed by atoms with Gasteiger partial charge in [-0.1, -0.05) is 20.3 Å². The average molecular weight is 277 g/mol. The van der Waals surface area contributed by atoms with Crippen LogP contribution in [0.25, 0.3) is 0 Å². The van der Waals surface area contributed by atoms with Crippen LogP contribution < -0.4 is 5.32 Å². The number of unbranched alkanes of at least 4 members (excludes halogenated alkanes) is 1. The van der Waals surface area contributed by atoms with Crippen molar-refractivity contribution in [1.82, 2.24) is 5.32 Å². The molecule has 18 heavy (non-hydrogen) atoms. The van der Waals surface area contributed by atoms with Gasteiger partial charge in [0.1, 0.15) is 0 Å². The fraction of sp³-hybridized carbons (Fsp3) is 1.00. The summed E-state index contributed by atoms with van der Waals surface area (Å²) in [5, 5.41) is 3.11. The molecule has 0 aromatic heterocycles. The molecule has 110 valence electrons. The zero-order valence-electron chi connectivity index (χ0n) is 12.6. The number of hydrogen-bond acceptors (Lipinski definition) is 4. The van der Waals surface area contributed by atoms with E-state index in [1.165, 1.54) is 19.5 Å². The van der Waals surface area contributed by atoms with Crippen LogP contribution in [0.2, 0.25) is 6.04 Å². The van der Waals surface area contributed by atoms with Crippen molar-refractivity contribution in [2.45, 2.75) is 53.0 Å². The van der Waals surface area contributed by atoms with Gasteiger partial charge in [0.05, 0.1) is 0 Å². The maximum atomic E-state index is 5.79. The minimum absolute atomic E-state index is 0.673. The summed E-state index contributed by atoms with van der Waals surface area (Å²) in [7, 11) is -2.31. The van der Waals surface area contributed by atoms with Crippen molar-refractivity contribution in [3.05, 3.63) is 0 Å². The average Bonchev–Trinajstić information content (AvgIpc) is 2.27. The van der Waals surface area contributed by atoms with Crippen molar-refractivity contribution < 1.29 is 13.3 Å². The van der Waals surface area contributed by atoms with E-state index < -0.39 is 8.80 Å². The van der Waals surface area contributed by atoms with E-state index in [2.05, 4.69) is 19.2 Å². The summed E-state index contributed by atoms with van der Waals surface area (Å²) in [5.41, 5.74) is 0. The van der Waals surface area contributed by atoms with E-state index in [-0.39, 0.29) is 0 Å². The summed E-state index contributed by atoms with van der Waals surface area (Å²) < 4.78 is 17.1. The summed E-state index contributed by atoms with van der Waals surface area (Å²) in [5.74, 6) is 0. The predicted molar refractivity (Wildman–Crippen MR) is 77.8 cm³/mol. The molecule has 0 atom stereocenters. The highest BCUT2D eigenvalue weighted by Crippen LogP contribution is 2.15. The molecule has 0 radical (unpaired) electrons. The van der Waals surface area contributed by atoms with Gasteiger partial charge >= 0.3 is 8.80 Å². The van der Waals surface area contributed by atoms with E-state index in [1.807, 2.05) is 13.8 Å². The lowest BCUT2D eigenvalue weighted by Crippen LogP contribution is -2.45. The largest absolute Gasteiger partial charge is 0.500 e. The van der Waals surface area contributed by atoms with Crippen molar-refractivity contribution in [3.8, 4) is 0 Å². The molecule has 1 aliphatic heterocycles. The first kappa shape index (κ1) is 18.1. The molecule has 1 saturated heterocycles. The van der Waals surface area contributed by atoms with Gasteiger partial charge in [0.15, 0.2) is 0 Å². The Kier molecular flexibility index (Phi) is 12.1. The summed E-state index contributed by atoms with van der Waals surface area (Å²) in [6.07, 6.45) is 3.61. The molecule has 0 aromatic rings. The highest BCUT2D eigenvalue weighted by atomic mass is 28.4. The molecular weight excluding hydrogens is 246 g/mol. The topological polar surface area (TPSA) is 39.7 Å². The zero-order chi connectivity index (χ0) is 13.7. The van der Waals surface area contributed by atoms with Crippen molar-refractivity contribution in [3.63, 3.8) is 0 Å². The Morgan fingerprint density at radius 2 is 1.44 bits per heavy atom. The monoisotopic (exact) mass is 277 g/mol. The minimum atomic E-state index is -2.31. The third-order valence-electron chi connectivity index (χ3n) is 2.69. The van der Waals surface area contributed by atoms with Crippen LogP contribution in [0.4, 0.5) is 0 Å². The maximum absolute atomic E-state index is 5.79. The highest BCUT2D eigenvalue weighted by molar-refractivity contribution is 6.60. The first-order chi connectivity index (χ1) is 8.74. The lowest BCUT2D eigenvalue weighted by molar-refractivity contribution is 0.0672. The minimum Gasteiger partial charge on any atom is -0.374 e. The van der Waals surface area contributed by atoms with Gasteiger partial charge in [-0.3, -0.25) is 0 Å². The van der Waals surface area contributed by atoms with Gasteiger partial charge in [0, 0.05) is 25.9 Å². The summed E-state index contributed by atoms with van der Waals surface area (Å²) >= 11 is 0. The zero-order valence-corrected chi connectivity index (χ0v) is 13.6. The van der Waals surface area contributed by atoms with Crippen LogP contribution in [0.15, 0.2) is 0 Å². The Labute approximate surface area is 114 Å².